The first-order chi connectivity index (χ1) is 11.3. The van der Waals surface area contributed by atoms with Crippen molar-refractivity contribution in [3.63, 3.8) is 0 Å². The van der Waals surface area contributed by atoms with E-state index in [-0.39, 0.29) is 27.2 Å². The molecule has 0 saturated carbocycles. The van der Waals surface area contributed by atoms with Gasteiger partial charge in [0.05, 0.1) is 16.2 Å². The third kappa shape index (κ3) is 4.05. The minimum Gasteiger partial charge on any atom is -0.483 e. The fraction of sp³-hybridized carbons (Fsp3) is 0.133. The fourth-order valence-electron chi connectivity index (χ4n) is 1.94. The van der Waals surface area contributed by atoms with Crippen molar-refractivity contribution in [1.29, 1.82) is 0 Å². The van der Waals surface area contributed by atoms with E-state index in [0.717, 1.165) is 6.07 Å². The molecule has 0 radical (unpaired) electrons. The van der Waals surface area contributed by atoms with Crippen LogP contribution in [-0.4, -0.2) is 17.4 Å². The number of nitrogens with one attached hydrogen (secondary N) is 1. The molecule has 126 valence electrons. The smallest absolute Gasteiger partial charge is 0.276 e. The van der Waals surface area contributed by atoms with Gasteiger partial charge >= 0.3 is 0 Å². The maximum atomic E-state index is 13.6. The van der Waals surface area contributed by atoms with E-state index in [9.17, 15) is 23.7 Å². The number of rotatable bonds is 5. The van der Waals surface area contributed by atoms with Gasteiger partial charge in [0, 0.05) is 16.6 Å². The first-order valence-corrected chi connectivity index (χ1v) is 7.40. The number of ether oxygens (including phenoxy) is 1. The van der Waals surface area contributed by atoms with Gasteiger partial charge in [-0.2, -0.15) is 0 Å². The first-order valence-electron chi connectivity index (χ1n) is 6.60. The highest BCUT2D eigenvalue weighted by atomic mass is 79.9. The van der Waals surface area contributed by atoms with Crippen molar-refractivity contribution in [2.75, 3.05) is 11.9 Å². The maximum absolute atomic E-state index is 13.6. The van der Waals surface area contributed by atoms with Crippen LogP contribution in [0.4, 0.5) is 20.2 Å². The minimum atomic E-state index is -0.943. The van der Waals surface area contributed by atoms with Crippen LogP contribution in [0.3, 0.4) is 0 Å². The summed E-state index contributed by atoms with van der Waals surface area (Å²) in [5, 5.41) is 13.1. The molecule has 0 aliphatic heterocycles. The zero-order valence-electron chi connectivity index (χ0n) is 12.3. The Kier molecular flexibility index (Phi) is 5.45. The number of nitro groups is 1. The number of benzene rings is 2. The highest BCUT2D eigenvalue weighted by Gasteiger charge is 2.16. The van der Waals surface area contributed by atoms with E-state index < -0.39 is 29.1 Å². The fourth-order valence-corrected chi connectivity index (χ4v) is 2.44. The van der Waals surface area contributed by atoms with Crippen LogP contribution < -0.4 is 10.1 Å². The molecule has 1 amide bonds. The van der Waals surface area contributed by atoms with Crippen molar-refractivity contribution in [1.82, 2.24) is 0 Å². The number of halogens is 3. The first kappa shape index (κ1) is 17.8. The van der Waals surface area contributed by atoms with E-state index in [2.05, 4.69) is 21.2 Å². The molecule has 0 aromatic heterocycles. The number of anilines is 1. The molecule has 1 N–H and O–H groups in total. The number of amides is 1. The molecule has 0 fully saturated rings. The summed E-state index contributed by atoms with van der Waals surface area (Å²) in [6.07, 6.45) is 0. The van der Waals surface area contributed by atoms with E-state index >= 15 is 0 Å². The zero-order chi connectivity index (χ0) is 17.9. The van der Waals surface area contributed by atoms with Gasteiger partial charge in [-0.25, -0.2) is 8.78 Å². The standard InChI is InChI=1S/C15H11BrF2N2O4/c1-8-12(20(22)23)3-2-4-13(8)24-7-14(21)19-15-10(16)5-9(17)6-11(15)18/h2-6H,7H2,1H3,(H,19,21). The van der Waals surface area contributed by atoms with Crippen molar-refractivity contribution < 1.29 is 23.2 Å². The SMILES string of the molecule is Cc1c(OCC(=O)Nc2c(F)cc(F)cc2Br)cccc1[N+](=O)[O-]. The van der Waals surface area contributed by atoms with Crippen LogP contribution in [0.1, 0.15) is 5.56 Å². The van der Waals surface area contributed by atoms with Gasteiger partial charge in [-0.05, 0) is 35.0 Å². The number of hydrogen-bond acceptors (Lipinski definition) is 4. The molecular formula is C15H11BrF2N2O4. The van der Waals surface area contributed by atoms with E-state index in [0.29, 0.717) is 6.07 Å². The molecule has 24 heavy (non-hydrogen) atoms. The largest absolute Gasteiger partial charge is 0.483 e. The predicted molar refractivity (Wildman–Crippen MR) is 86.0 cm³/mol. The average molecular weight is 401 g/mol. The zero-order valence-corrected chi connectivity index (χ0v) is 13.9. The second-order valence-corrected chi connectivity index (χ2v) is 5.59. The lowest BCUT2D eigenvalue weighted by Crippen LogP contribution is -2.21. The normalized spacial score (nSPS) is 10.3. The van der Waals surface area contributed by atoms with Gasteiger partial charge in [0.1, 0.15) is 11.6 Å². The Morgan fingerprint density at radius 3 is 2.71 bits per heavy atom. The number of hydrogen-bond donors (Lipinski definition) is 1. The predicted octanol–water partition coefficient (Wildman–Crippen LogP) is 3.96. The third-order valence-electron chi connectivity index (χ3n) is 3.08. The lowest BCUT2D eigenvalue weighted by atomic mass is 10.2. The summed E-state index contributed by atoms with van der Waals surface area (Å²) < 4.78 is 31.9. The van der Waals surface area contributed by atoms with Gasteiger partial charge in [0.15, 0.2) is 12.4 Å². The van der Waals surface area contributed by atoms with Crippen LogP contribution >= 0.6 is 15.9 Å². The Bertz CT molecular complexity index is 791. The molecule has 0 aliphatic carbocycles. The minimum absolute atomic E-state index is 0.0416. The highest BCUT2D eigenvalue weighted by Crippen LogP contribution is 2.28. The van der Waals surface area contributed by atoms with Crippen molar-refractivity contribution in [2.24, 2.45) is 0 Å². The lowest BCUT2D eigenvalue weighted by Gasteiger charge is -2.11. The second-order valence-electron chi connectivity index (χ2n) is 4.74. The van der Waals surface area contributed by atoms with E-state index in [1.807, 2.05) is 0 Å². The van der Waals surface area contributed by atoms with E-state index in [1.165, 1.54) is 25.1 Å². The molecule has 9 heteroatoms. The number of carbonyl (C=O) groups excluding carboxylic acids is 1. The molecule has 0 unspecified atom stereocenters. The van der Waals surface area contributed by atoms with Crippen LogP contribution in [0, 0.1) is 28.7 Å². The van der Waals surface area contributed by atoms with Crippen LogP contribution in [0.2, 0.25) is 0 Å². The van der Waals surface area contributed by atoms with Gasteiger partial charge in [-0.3, -0.25) is 14.9 Å². The lowest BCUT2D eigenvalue weighted by molar-refractivity contribution is -0.385. The van der Waals surface area contributed by atoms with Crippen molar-refractivity contribution >= 4 is 33.2 Å². The highest BCUT2D eigenvalue weighted by molar-refractivity contribution is 9.10. The molecular weight excluding hydrogens is 390 g/mol. The van der Waals surface area contributed by atoms with Crippen molar-refractivity contribution in [3.8, 4) is 5.75 Å². The van der Waals surface area contributed by atoms with E-state index in [4.69, 9.17) is 4.74 Å². The molecule has 6 nitrogen and oxygen atoms in total. The van der Waals surface area contributed by atoms with Gasteiger partial charge < -0.3 is 10.1 Å². The van der Waals surface area contributed by atoms with Gasteiger partial charge in [-0.15, -0.1) is 0 Å². The van der Waals surface area contributed by atoms with E-state index in [1.54, 1.807) is 0 Å². The topological polar surface area (TPSA) is 81.5 Å². The molecule has 0 aliphatic rings. The van der Waals surface area contributed by atoms with Gasteiger partial charge in [-0.1, -0.05) is 6.07 Å². The third-order valence-corrected chi connectivity index (χ3v) is 3.71. The average Bonchev–Trinajstić information content (AvgIpc) is 2.49. The summed E-state index contributed by atoms with van der Waals surface area (Å²) in [4.78, 5) is 22.1. The Morgan fingerprint density at radius 1 is 1.38 bits per heavy atom. The van der Waals surface area contributed by atoms with Crippen LogP contribution in [0.15, 0.2) is 34.8 Å². The van der Waals surface area contributed by atoms with Gasteiger partial charge in [0.25, 0.3) is 11.6 Å². The molecule has 2 aromatic rings. The summed E-state index contributed by atoms with van der Waals surface area (Å²) in [7, 11) is 0. The van der Waals surface area contributed by atoms with Crippen LogP contribution in [0.25, 0.3) is 0 Å². The Balaban J connectivity index is 2.07. The van der Waals surface area contributed by atoms with Gasteiger partial charge in [0.2, 0.25) is 0 Å². The maximum Gasteiger partial charge on any atom is 0.276 e. The monoisotopic (exact) mass is 400 g/mol. The summed E-state index contributed by atoms with van der Waals surface area (Å²) >= 11 is 2.95. The molecule has 0 atom stereocenters. The van der Waals surface area contributed by atoms with Crippen molar-refractivity contribution in [3.05, 3.63) is 62.1 Å². The molecule has 0 spiro atoms. The number of carbonyl (C=O) groups is 1. The molecule has 0 heterocycles. The number of nitrogens with zero attached hydrogens (tertiary/aromatic N) is 1. The summed E-state index contributed by atoms with van der Waals surface area (Å²) in [6.45, 7) is 0.993. The van der Waals surface area contributed by atoms with Crippen LogP contribution in [-0.2, 0) is 4.79 Å². The summed E-state index contributed by atoms with van der Waals surface area (Å²) in [5.41, 5.74) is -0.0922. The number of nitro benzene ring substituents is 1. The Morgan fingerprint density at radius 2 is 2.08 bits per heavy atom. The molecule has 2 aromatic carbocycles. The summed E-state index contributed by atoms with van der Waals surface area (Å²) in [5.74, 6) is -2.27. The summed E-state index contributed by atoms with van der Waals surface area (Å²) in [6, 6.07) is 5.85. The second kappa shape index (κ2) is 7.35. The van der Waals surface area contributed by atoms with Crippen molar-refractivity contribution in [2.45, 2.75) is 6.92 Å². The quantitative estimate of drug-likeness (QED) is 0.608. The molecule has 0 saturated heterocycles. The Labute approximate surface area is 143 Å². The van der Waals surface area contributed by atoms with Crippen LogP contribution in [0.5, 0.6) is 5.75 Å². The Hall–Kier alpha value is -2.55. The molecule has 2 rings (SSSR count). The molecule has 0 bridgehead atoms.